The average Bonchev–Trinajstić information content (AvgIpc) is 2.21. The van der Waals surface area contributed by atoms with Crippen molar-refractivity contribution in [3.8, 4) is 0 Å². The minimum atomic E-state index is -0.923. The summed E-state index contributed by atoms with van der Waals surface area (Å²) in [4.78, 5) is 21.9. The van der Waals surface area contributed by atoms with Gasteiger partial charge < -0.3 is 9.47 Å². The van der Waals surface area contributed by atoms with Crippen LogP contribution in [0.15, 0.2) is 0 Å². The van der Waals surface area contributed by atoms with Crippen molar-refractivity contribution < 1.29 is 19.1 Å². The maximum atomic E-state index is 11.0. The van der Waals surface area contributed by atoms with Gasteiger partial charge in [-0.25, -0.2) is 9.59 Å². The number of carbonyl (C=O) groups excluding carboxylic acids is 2. The van der Waals surface area contributed by atoms with E-state index in [2.05, 4.69) is 9.47 Å². The van der Waals surface area contributed by atoms with Crippen molar-refractivity contribution in [3.05, 3.63) is 0 Å². The zero-order chi connectivity index (χ0) is 11.0. The fourth-order valence-corrected chi connectivity index (χ4v) is 0.617. The number of carbonyl (C=O) groups is 2. The highest BCUT2D eigenvalue weighted by Crippen LogP contribution is 1.90. The maximum absolute atomic E-state index is 11.0. The number of hydrogen-bond donors (Lipinski definition) is 1. The third kappa shape index (κ3) is 4.59. The van der Waals surface area contributed by atoms with Crippen molar-refractivity contribution in [1.29, 1.82) is 5.41 Å². The number of ether oxygens (including phenoxy) is 2. The van der Waals surface area contributed by atoms with E-state index in [1.807, 2.05) is 13.8 Å². The molecule has 0 heterocycles. The average molecular weight is 201 g/mol. The summed E-state index contributed by atoms with van der Waals surface area (Å²) < 4.78 is 9.18. The zero-order valence-corrected chi connectivity index (χ0v) is 8.46. The first-order chi connectivity index (χ1) is 6.63. The maximum Gasteiger partial charge on any atom is 0.363 e. The van der Waals surface area contributed by atoms with Crippen LogP contribution >= 0.6 is 0 Å². The monoisotopic (exact) mass is 201 g/mol. The lowest BCUT2D eigenvalue weighted by molar-refractivity contribution is -0.141. The molecule has 0 amide bonds. The van der Waals surface area contributed by atoms with E-state index in [9.17, 15) is 9.59 Å². The number of hydrogen-bond acceptors (Lipinski definition) is 5. The van der Waals surface area contributed by atoms with Gasteiger partial charge >= 0.3 is 11.9 Å². The Kier molecular flexibility index (Phi) is 6.36. The highest BCUT2D eigenvalue weighted by atomic mass is 16.6. The molecule has 0 saturated heterocycles. The van der Waals surface area contributed by atoms with Crippen molar-refractivity contribution >= 4 is 17.7 Å². The van der Waals surface area contributed by atoms with Crippen molar-refractivity contribution in [2.45, 2.75) is 26.7 Å². The number of esters is 2. The highest BCUT2D eigenvalue weighted by molar-refractivity contribution is 6.61. The van der Waals surface area contributed by atoms with Gasteiger partial charge in [-0.15, -0.1) is 0 Å². The van der Waals surface area contributed by atoms with E-state index >= 15 is 0 Å². The Morgan fingerprint density at radius 1 is 1.00 bits per heavy atom. The number of rotatable bonds is 6. The molecular weight excluding hydrogens is 186 g/mol. The molecule has 0 aliphatic rings. The Balaban J connectivity index is 3.92. The van der Waals surface area contributed by atoms with Crippen LogP contribution in [-0.2, 0) is 19.1 Å². The molecule has 1 N–H and O–H groups in total. The van der Waals surface area contributed by atoms with Crippen LogP contribution in [0.1, 0.15) is 26.7 Å². The summed E-state index contributed by atoms with van der Waals surface area (Å²) in [5.41, 5.74) is -0.744. The molecule has 0 bridgehead atoms. The molecule has 0 atom stereocenters. The normalized spacial score (nSPS) is 9.29. The Bertz CT molecular complexity index is 203. The molecule has 0 rings (SSSR count). The van der Waals surface area contributed by atoms with Crippen molar-refractivity contribution in [3.63, 3.8) is 0 Å². The lowest BCUT2D eigenvalue weighted by atomic mass is 10.4. The second-order valence-corrected chi connectivity index (χ2v) is 2.65. The van der Waals surface area contributed by atoms with Gasteiger partial charge in [-0.2, -0.15) is 0 Å². The minimum absolute atomic E-state index is 0.211. The van der Waals surface area contributed by atoms with Gasteiger partial charge in [-0.05, 0) is 12.8 Å². The third-order valence-electron chi connectivity index (χ3n) is 1.28. The van der Waals surface area contributed by atoms with Gasteiger partial charge in [0.15, 0.2) is 0 Å². The van der Waals surface area contributed by atoms with E-state index in [4.69, 9.17) is 5.41 Å². The van der Waals surface area contributed by atoms with E-state index in [0.717, 1.165) is 0 Å². The van der Waals surface area contributed by atoms with Gasteiger partial charge in [-0.1, -0.05) is 13.8 Å². The second kappa shape index (κ2) is 7.06. The molecule has 5 nitrogen and oxygen atoms in total. The van der Waals surface area contributed by atoms with Crippen LogP contribution in [0.5, 0.6) is 0 Å². The van der Waals surface area contributed by atoms with Gasteiger partial charge in [0.25, 0.3) is 0 Å². The predicted molar refractivity (Wildman–Crippen MR) is 50.2 cm³/mol. The van der Waals surface area contributed by atoms with E-state index in [1.165, 1.54) is 0 Å². The molecule has 0 aromatic heterocycles. The smallest absolute Gasteiger partial charge is 0.363 e. The SMILES string of the molecule is CCCOC(=O)C(=N)C(=O)OCCC. The van der Waals surface area contributed by atoms with E-state index < -0.39 is 17.7 Å². The van der Waals surface area contributed by atoms with Crippen LogP contribution in [0.3, 0.4) is 0 Å². The standard InChI is InChI=1S/C9H15NO4/c1-3-5-13-8(11)7(10)9(12)14-6-4-2/h10H,3-6H2,1-2H3. The molecule has 0 fully saturated rings. The molecule has 0 saturated carbocycles. The van der Waals surface area contributed by atoms with Crippen LogP contribution in [0, 0.1) is 5.41 Å². The second-order valence-electron chi connectivity index (χ2n) is 2.65. The van der Waals surface area contributed by atoms with Gasteiger partial charge in [0.1, 0.15) is 0 Å². The Morgan fingerprint density at radius 3 is 1.64 bits per heavy atom. The first kappa shape index (κ1) is 12.6. The van der Waals surface area contributed by atoms with E-state index in [-0.39, 0.29) is 13.2 Å². The topological polar surface area (TPSA) is 76.5 Å². The summed E-state index contributed by atoms with van der Waals surface area (Å²) in [6.07, 6.45) is 1.31. The minimum Gasteiger partial charge on any atom is -0.461 e. The summed E-state index contributed by atoms with van der Waals surface area (Å²) >= 11 is 0. The van der Waals surface area contributed by atoms with Crippen molar-refractivity contribution in [2.75, 3.05) is 13.2 Å². The van der Waals surface area contributed by atoms with Crippen LogP contribution < -0.4 is 0 Å². The Hall–Kier alpha value is -1.39. The third-order valence-corrected chi connectivity index (χ3v) is 1.28. The molecular formula is C9H15NO4. The summed E-state index contributed by atoms with van der Waals surface area (Å²) in [6.45, 7) is 4.07. The molecule has 0 spiro atoms. The van der Waals surface area contributed by atoms with Gasteiger partial charge in [-0.3, -0.25) is 5.41 Å². The molecule has 5 heteroatoms. The summed E-state index contributed by atoms with van der Waals surface area (Å²) in [7, 11) is 0. The van der Waals surface area contributed by atoms with Gasteiger partial charge in [0.05, 0.1) is 13.2 Å². The Morgan fingerprint density at radius 2 is 1.36 bits per heavy atom. The molecule has 0 aliphatic heterocycles. The first-order valence-corrected chi connectivity index (χ1v) is 4.56. The molecule has 0 radical (unpaired) electrons. The van der Waals surface area contributed by atoms with Crippen LogP contribution in [-0.4, -0.2) is 30.9 Å². The predicted octanol–water partition coefficient (Wildman–Crippen LogP) is 0.913. The van der Waals surface area contributed by atoms with Crippen LogP contribution in [0.4, 0.5) is 0 Å². The van der Waals surface area contributed by atoms with Crippen molar-refractivity contribution in [1.82, 2.24) is 0 Å². The summed E-state index contributed by atoms with van der Waals surface area (Å²) in [5.74, 6) is -1.85. The molecule has 14 heavy (non-hydrogen) atoms. The van der Waals surface area contributed by atoms with E-state index in [1.54, 1.807) is 0 Å². The summed E-state index contributed by atoms with van der Waals surface area (Å²) in [5, 5.41) is 7.11. The zero-order valence-electron chi connectivity index (χ0n) is 8.46. The fourth-order valence-electron chi connectivity index (χ4n) is 0.617. The Labute approximate surface area is 82.9 Å². The fraction of sp³-hybridized carbons (Fsp3) is 0.667. The van der Waals surface area contributed by atoms with Crippen molar-refractivity contribution in [2.24, 2.45) is 0 Å². The van der Waals surface area contributed by atoms with Gasteiger partial charge in [0, 0.05) is 0 Å². The first-order valence-electron chi connectivity index (χ1n) is 4.56. The largest absolute Gasteiger partial charge is 0.461 e. The highest BCUT2D eigenvalue weighted by Gasteiger charge is 2.20. The molecule has 80 valence electrons. The summed E-state index contributed by atoms with van der Waals surface area (Å²) in [6, 6.07) is 0. The lowest BCUT2D eigenvalue weighted by Crippen LogP contribution is -2.27. The molecule has 0 unspecified atom stereocenters. The van der Waals surface area contributed by atoms with Crippen LogP contribution in [0.2, 0.25) is 0 Å². The van der Waals surface area contributed by atoms with E-state index in [0.29, 0.717) is 12.8 Å². The quantitative estimate of drug-likeness (QED) is 0.393. The van der Waals surface area contributed by atoms with Gasteiger partial charge in [0.2, 0.25) is 5.71 Å². The molecule has 0 aliphatic carbocycles. The molecule has 0 aromatic carbocycles. The lowest BCUT2D eigenvalue weighted by Gasteiger charge is -2.04. The number of nitrogens with one attached hydrogen (secondary N) is 1. The molecule has 0 aromatic rings. The van der Waals surface area contributed by atoms with Crippen LogP contribution in [0.25, 0.3) is 0 Å².